The van der Waals surface area contributed by atoms with Crippen LogP contribution in [0.3, 0.4) is 0 Å². The lowest BCUT2D eigenvalue weighted by atomic mass is 9.99. The zero-order valence-electron chi connectivity index (χ0n) is 11.8. The summed E-state index contributed by atoms with van der Waals surface area (Å²) in [7, 11) is 3.54. The molecule has 0 heterocycles. The molecule has 2 nitrogen and oxygen atoms in total. The van der Waals surface area contributed by atoms with E-state index in [1.54, 1.807) is 13.2 Å². The van der Waals surface area contributed by atoms with Crippen molar-refractivity contribution in [2.24, 2.45) is 0 Å². The highest BCUT2D eigenvalue weighted by molar-refractivity contribution is 9.10. The summed E-state index contributed by atoms with van der Waals surface area (Å²) in [6.45, 7) is 0. The van der Waals surface area contributed by atoms with Gasteiger partial charge in [0.05, 0.1) is 16.1 Å². The second-order valence-corrected chi connectivity index (χ2v) is 6.30. The molecule has 0 radical (unpaired) electrons. The van der Waals surface area contributed by atoms with Crippen LogP contribution in [0.25, 0.3) is 0 Å². The molecule has 1 N–H and O–H groups in total. The molecule has 0 aliphatic rings. The number of rotatable bonds is 5. The summed E-state index contributed by atoms with van der Waals surface area (Å²) in [5, 5.41) is 3.27. The molecule has 1 atom stereocenters. The normalized spacial score (nSPS) is 12.2. The molecule has 0 saturated carbocycles. The largest absolute Gasteiger partial charge is 0.496 e. The van der Waals surface area contributed by atoms with E-state index in [2.05, 4.69) is 37.2 Å². The molecule has 2 aromatic rings. The second kappa shape index (κ2) is 7.38. The van der Waals surface area contributed by atoms with Crippen molar-refractivity contribution in [1.29, 1.82) is 0 Å². The van der Waals surface area contributed by atoms with Crippen LogP contribution in [0, 0.1) is 5.82 Å². The van der Waals surface area contributed by atoms with E-state index in [4.69, 9.17) is 4.74 Å². The van der Waals surface area contributed by atoms with Gasteiger partial charge in [0.25, 0.3) is 0 Å². The number of methoxy groups -OCH3 is 1. The van der Waals surface area contributed by atoms with E-state index >= 15 is 0 Å². The Bertz CT molecular complexity index is 634. The lowest BCUT2D eigenvalue weighted by molar-refractivity contribution is 0.411. The average Bonchev–Trinajstić information content (AvgIpc) is 2.48. The predicted octanol–water partition coefficient (Wildman–Crippen LogP) is 4.86. The third-order valence-corrected chi connectivity index (χ3v) is 4.89. The number of hydrogen-bond acceptors (Lipinski definition) is 2. The van der Waals surface area contributed by atoms with Crippen molar-refractivity contribution in [3.8, 4) is 5.75 Å². The summed E-state index contributed by atoms with van der Waals surface area (Å²) in [6.07, 6.45) is 0.688. The van der Waals surface area contributed by atoms with Crippen LogP contribution in [-0.4, -0.2) is 14.2 Å². The van der Waals surface area contributed by atoms with Crippen molar-refractivity contribution in [3.63, 3.8) is 0 Å². The van der Waals surface area contributed by atoms with Crippen LogP contribution in [0.1, 0.15) is 17.2 Å². The number of halogens is 3. The summed E-state index contributed by atoms with van der Waals surface area (Å²) < 4.78 is 20.3. The highest BCUT2D eigenvalue weighted by Gasteiger charge is 2.15. The fourth-order valence-electron chi connectivity index (χ4n) is 2.21. The first kappa shape index (κ1) is 16.5. The SMILES string of the molecule is CNC(Cc1cccc(F)c1Br)c1ccc(OC)c(Br)c1. The van der Waals surface area contributed by atoms with Gasteiger partial charge in [-0.15, -0.1) is 0 Å². The Morgan fingerprint density at radius 3 is 2.62 bits per heavy atom. The maximum absolute atomic E-state index is 13.6. The Hall–Kier alpha value is -0.910. The van der Waals surface area contributed by atoms with Crippen LogP contribution in [-0.2, 0) is 6.42 Å². The van der Waals surface area contributed by atoms with E-state index in [1.165, 1.54) is 6.07 Å². The van der Waals surface area contributed by atoms with Gasteiger partial charge in [-0.1, -0.05) is 18.2 Å². The van der Waals surface area contributed by atoms with Crippen molar-refractivity contribution >= 4 is 31.9 Å². The lowest BCUT2D eigenvalue weighted by Crippen LogP contribution is -2.19. The van der Waals surface area contributed by atoms with Crippen molar-refractivity contribution in [2.75, 3.05) is 14.2 Å². The van der Waals surface area contributed by atoms with Gasteiger partial charge in [0.15, 0.2) is 0 Å². The van der Waals surface area contributed by atoms with Crippen LogP contribution in [0.4, 0.5) is 4.39 Å². The molecule has 21 heavy (non-hydrogen) atoms. The van der Waals surface area contributed by atoms with Crippen LogP contribution in [0.15, 0.2) is 45.3 Å². The van der Waals surface area contributed by atoms with Crippen molar-refractivity contribution in [1.82, 2.24) is 5.32 Å². The molecule has 0 fully saturated rings. The van der Waals surface area contributed by atoms with E-state index in [-0.39, 0.29) is 11.9 Å². The first-order valence-corrected chi connectivity index (χ1v) is 8.09. The van der Waals surface area contributed by atoms with Gasteiger partial charge >= 0.3 is 0 Å². The van der Waals surface area contributed by atoms with E-state index in [0.717, 1.165) is 21.3 Å². The monoisotopic (exact) mass is 415 g/mol. The minimum absolute atomic E-state index is 0.0882. The van der Waals surface area contributed by atoms with Crippen LogP contribution < -0.4 is 10.1 Å². The molecule has 0 spiro atoms. The molecule has 0 aromatic heterocycles. The molecular weight excluding hydrogens is 401 g/mol. The maximum atomic E-state index is 13.6. The van der Waals surface area contributed by atoms with Gasteiger partial charge in [-0.2, -0.15) is 0 Å². The zero-order chi connectivity index (χ0) is 15.4. The summed E-state index contributed by atoms with van der Waals surface area (Å²) in [6, 6.07) is 11.1. The molecule has 0 bridgehead atoms. The Labute approximate surface area is 141 Å². The molecule has 1 unspecified atom stereocenters. The van der Waals surface area contributed by atoms with Gasteiger partial charge in [0.2, 0.25) is 0 Å². The van der Waals surface area contributed by atoms with Gasteiger partial charge < -0.3 is 10.1 Å². The zero-order valence-corrected chi connectivity index (χ0v) is 15.0. The minimum Gasteiger partial charge on any atom is -0.496 e. The van der Waals surface area contributed by atoms with Crippen LogP contribution in [0.5, 0.6) is 5.75 Å². The second-order valence-electron chi connectivity index (χ2n) is 4.65. The Balaban J connectivity index is 2.28. The number of likely N-dealkylation sites (N-methyl/N-ethyl adjacent to an activating group) is 1. The molecule has 2 aromatic carbocycles. The van der Waals surface area contributed by atoms with Gasteiger partial charge in [-0.05, 0) is 74.7 Å². The predicted molar refractivity (Wildman–Crippen MR) is 90.3 cm³/mol. The Kier molecular flexibility index (Phi) is 5.79. The molecule has 0 aliphatic carbocycles. The molecule has 112 valence electrons. The summed E-state index contributed by atoms with van der Waals surface area (Å²) in [5.74, 6) is 0.554. The molecule has 0 amide bonds. The first-order chi connectivity index (χ1) is 10.1. The van der Waals surface area contributed by atoms with E-state index in [9.17, 15) is 4.39 Å². The fraction of sp³-hybridized carbons (Fsp3) is 0.250. The molecular formula is C16H16Br2FNO. The van der Waals surface area contributed by atoms with Crippen LogP contribution >= 0.6 is 31.9 Å². The smallest absolute Gasteiger partial charge is 0.137 e. The molecule has 0 saturated heterocycles. The average molecular weight is 417 g/mol. The topological polar surface area (TPSA) is 21.3 Å². The molecule has 2 rings (SSSR count). The Morgan fingerprint density at radius 2 is 2.00 bits per heavy atom. The Morgan fingerprint density at radius 1 is 1.24 bits per heavy atom. The summed E-state index contributed by atoms with van der Waals surface area (Å²) >= 11 is 6.81. The first-order valence-electron chi connectivity index (χ1n) is 6.50. The van der Waals surface area contributed by atoms with Gasteiger partial charge in [-0.3, -0.25) is 0 Å². The fourth-order valence-corrected chi connectivity index (χ4v) is 3.20. The quantitative estimate of drug-likeness (QED) is 0.751. The number of benzene rings is 2. The van der Waals surface area contributed by atoms with Crippen molar-refractivity contribution < 1.29 is 9.13 Å². The van der Waals surface area contributed by atoms with Crippen LogP contribution in [0.2, 0.25) is 0 Å². The molecule has 5 heteroatoms. The minimum atomic E-state index is -0.238. The highest BCUT2D eigenvalue weighted by Crippen LogP contribution is 2.31. The summed E-state index contributed by atoms with van der Waals surface area (Å²) in [5.41, 5.74) is 2.04. The van der Waals surface area contributed by atoms with E-state index in [1.807, 2.05) is 31.3 Å². The standard InChI is InChI=1S/C16H16Br2FNO/c1-20-14(9-11-4-3-5-13(19)16(11)18)10-6-7-15(21-2)12(17)8-10/h3-8,14,20H,9H2,1-2H3. The van der Waals surface area contributed by atoms with E-state index < -0.39 is 0 Å². The highest BCUT2D eigenvalue weighted by atomic mass is 79.9. The maximum Gasteiger partial charge on any atom is 0.137 e. The van der Waals surface area contributed by atoms with Crippen molar-refractivity contribution in [2.45, 2.75) is 12.5 Å². The molecule has 0 aliphatic heterocycles. The number of nitrogens with one attached hydrogen (secondary N) is 1. The van der Waals surface area contributed by atoms with Crippen molar-refractivity contribution in [3.05, 3.63) is 62.3 Å². The third-order valence-electron chi connectivity index (χ3n) is 3.38. The van der Waals surface area contributed by atoms with Gasteiger partial charge in [-0.25, -0.2) is 4.39 Å². The number of ether oxygens (including phenoxy) is 1. The van der Waals surface area contributed by atoms with Gasteiger partial charge in [0.1, 0.15) is 11.6 Å². The summed E-state index contributed by atoms with van der Waals surface area (Å²) in [4.78, 5) is 0. The number of hydrogen-bond donors (Lipinski definition) is 1. The van der Waals surface area contributed by atoms with E-state index in [0.29, 0.717) is 10.9 Å². The third kappa shape index (κ3) is 3.84. The lowest BCUT2D eigenvalue weighted by Gasteiger charge is -2.19. The van der Waals surface area contributed by atoms with Gasteiger partial charge in [0, 0.05) is 6.04 Å².